The molecule has 0 radical (unpaired) electrons. The number of nitrogens with one attached hydrogen (secondary N) is 1. The van der Waals surface area contributed by atoms with Gasteiger partial charge in [0.15, 0.2) is 5.82 Å². The SMILES string of the molecule is COc1cccc(OC)c1-n1c(NS(=O)(=O)[C@@H](C)[C@H](OC)c2ncc(Cl)cn2)nnc1[C@@H]1CC[C@H](OC)C1. The Hall–Kier alpha value is -3.00. The lowest BCUT2D eigenvalue weighted by molar-refractivity contribution is 0.0950. The van der Waals surface area contributed by atoms with Crippen molar-refractivity contribution in [1.82, 2.24) is 24.7 Å². The Bertz CT molecular complexity index is 1330. The van der Waals surface area contributed by atoms with Crippen LogP contribution in [0.4, 0.5) is 5.95 Å². The van der Waals surface area contributed by atoms with Gasteiger partial charge in [-0.2, -0.15) is 0 Å². The molecule has 2 aromatic heterocycles. The quantitative estimate of drug-likeness (QED) is 0.366. The first-order chi connectivity index (χ1) is 18.2. The van der Waals surface area contributed by atoms with Gasteiger partial charge < -0.3 is 18.9 Å². The maximum atomic E-state index is 13.6. The molecule has 2 heterocycles. The van der Waals surface area contributed by atoms with Crippen molar-refractivity contribution >= 4 is 27.6 Å². The maximum Gasteiger partial charge on any atom is 0.243 e. The molecule has 38 heavy (non-hydrogen) atoms. The second-order valence-corrected chi connectivity index (χ2v) is 11.3. The van der Waals surface area contributed by atoms with Gasteiger partial charge in [0.05, 0.1) is 25.3 Å². The molecule has 0 amide bonds. The zero-order chi connectivity index (χ0) is 27.4. The van der Waals surface area contributed by atoms with Crippen LogP contribution in [0.1, 0.15) is 49.9 Å². The number of halogens is 1. The minimum Gasteiger partial charge on any atom is -0.494 e. The van der Waals surface area contributed by atoms with E-state index in [0.717, 1.165) is 19.3 Å². The van der Waals surface area contributed by atoms with Crippen LogP contribution in [0, 0.1) is 0 Å². The fraction of sp³-hybridized carbons (Fsp3) is 0.500. The van der Waals surface area contributed by atoms with E-state index in [2.05, 4.69) is 24.9 Å². The number of aromatic nitrogens is 5. The van der Waals surface area contributed by atoms with Crippen LogP contribution in [0.3, 0.4) is 0 Å². The molecule has 0 aliphatic heterocycles. The number of para-hydroxylation sites is 1. The van der Waals surface area contributed by atoms with Crippen molar-refractivity contribution in [3.63, 3.8) is 0 Å². The number of hydrogen-bond acceptors (Lipinski definition) is 10. The molecule has 1 saturated carbocycles. The first-order valence-corrected chi connectivity index (χ1v) is 13.9. The monoisotopic (exact) mass is 566 g/mol. The molecular weight excluding hydrogens is 536 g/mol. The van der Waals surface area contributed by atoms with Gasteiger partial charge >= 0.3 is 0 Å². The average Bonchev–Trinajstić information content (AvgIpc) is 3.56. The van der Waals surface area contributed by atoms with E-state index in [0.29, 0.717) is 28.0 Å². The Morgan fingerprint density at radius 2 is 1.71 bits per heavy atom. The zero-order valence-electron chi connectivity index (χ0n) is 21.8. The summed E-state index contributed by atoms with van der Waals surface area (Å²) in [5, 5.41) is 7.90. The molecule has 1 N–H and O–H groups in total. The summed E-state index contributed by atoms with van der Waals surface area (Å²) in [7, 11) is 2.03. The largest absolute Gasteiger partial charge is 0.494 e. The van der Waals surface area contributed by atoms with E-state index in [1.807, 2.05) is 0 Å². The molecule has 1 fully saturated rings. The van der Waals surface area contributed by atoms with E-state index in [1.54, 1.807) is 29.9 Å². The van der Waals surface area contributed by atoms with Crippen molar-refractivity contribution in [2.24, 2.45) is 0 Å². The third-order valence-electron chi connectivity index (χ3n) is 6.69. The van der Waals surface area contributed by atoms with Crippen LogP contribution in [0.25, 0.3) is 5.69 Å². The van der Waals surface area contributed by atoms with Crippen LogP contribution in [0.15, 0.2) is 30.6 Å². The minimum atomic E-state index is -4.10. The van der Waals surface area contributed by atoms with Gasteiger partial charge in [-0.05, 0) is 38.3 Å². The number of hydrogen-bond donors (Lipinski definition) is 1. The van der Waals surface area contributed by atoms with Crippen molar-refractivity contribution in [1.29, 1.82) is 0 Å². The highest BCUT2D eigenvalue weighted by Crippen LogP contribution is 2.41. The predicted molar refractivity (Wildman–Crippen MR) is 141 cm³/mol. The summed E-state index contributed by atoms with van der Waals surface area (Å²) in [5.74, 6) is 1.64. The van der Waals surface area contributed by atoms with E-state index >= 15 is 0 Å². The normalized spacial score (nSPS) is 19.2. The molecule has 4 rings (SSSR count). The Kier molecular flexibility index (Phi) is 8.71. The van der Waals surface area contributed by atoms with Gasteiger partial charge in [-0.3, -0.25) is 9.29 Å². The van der Waals surface area contributed by atoms with E-state index in [1.165, 1.54) is 40.6 Å². The molecule has 0 unspecified atom stereocenters. The van der Waals surface area contributed by atoms with Gasteiger partial charge in [-0.25, -0.2) is 18.4 Å². The highest BCUT2D eigenvalue weighted by Gasteiger charge is 2.37. The lowest BCUT2D eigenvalue weighted by Crippen LogP contribution is -2.33. The van der Waals surface area contributed by atoms with Gasteiger partial charge in [0, 0.05) is 32.5 Å². The molecular formula is C24H31ClN6O6S. The zero-order valence-corrected chi connectivity index (χ0v) is 23.4. The summed E-state index contributed by atoms with van der Waals surface area (Å²) in [6, 6.07) is 5.30. The second-order valence-electron chi connectivity index (χ2n) is 8.86. The third-order valence-corrected chi connectivity index (χ3v) is 8.58. The number of rotatable bonds is 11. The van der Waals surface area contributed by atoms with Gasteiger partial charge in [-0.1, -0.05) is 17.7 Å². The third kappa shape index (κ3) is 5.55. The molecule has 1 aliphatic rings. The summed E-state index contributed by atoms with van der Waals surface area (Å²) < 4.78 is 53.8. The summed E-state index contributed by atoms with van der Waals surface area (Å²) >= 11 is 5.89. The molecule has 3 aromatic rings. The minimum absolute atomic E-state index is 0.0117. The first-order valence-electron chi connectivity index (χ1n) is 11.9. The number of methoxy groups -OCH3 is 4. The topological polar surface area (TPSA) is 140 Å². The maximum absolute atomic E-state index is 13.6. The van der Waals surface area contributed by atoms with E-state index < -0.39 is 21.4 Å². The van der Waals surface area contributed by atoms with Crippen molar-refractivity contribution in [3.05, 3.63) is 47.3 Å². The molecule has 12 nitrogen and oxygen atoms in total. The number of nitrogens with zero attached hydrogens (tertiary/aromatic N) is 5. The summed E-state index contributed by atoms with van der Waals surface area (Å²) in [6.07, 6.45) is 4.24. The van der Waals surface area contributed by atoms with Crippen molar-refractivity contribution in [3.8, 4) is 17.2 Å². The van der Waals surface area contributed by atoms with E-state index in [9.17, 15) is 8.42 Å². The lowest BCUT2D eigenvalue weighted by Gasteiger charge is -2.23. The second kappa shape index (κ2) is 11.8. The molecule has 1 aliphatic carbocycles. The van der Waals surface area contributed by atoms with Gasteiger partial charge in [-0.15, -0.1) is 10.2 Å². The molecule has 206 valence electrons. The number of sulfonamides is 1. The lowest BCUT2D eigenvalue weighted by atomic mass is 10.1. The van der Waals surface area contributed by atoms with Crippen LogP contribution in [0.5, 0.6) is 11.5 Å². The Balaban J connectivity index is 1.78. The Morgan fingerprint density at radius 1 is 1.05 bits per heavy atom. The number of anilines is 1. The number of ether oxygens (including phenoxy) is 4. The van der Waals surface area contributed by atoms with Crippen molar-refractivity contribution in [2.75, 3.05) is 33.2 Å². The molecule has 14 heteroatoms. The molecule has 0 bridgehead atoms. The Morgan fingerprint density at radius 3 is 2.26 bits per heavy atom. The van der Waals surface area contributed by atoms with Crippen LogP contribution in [-0.4, -0.2) is 72.9 Å². The molecule has 0 saturated heterocycles. The Labute approximate surface area is 226 Å². The standard InChI is InChI=1S/C24H31ClN6O6S/c1-14(21(37-5)22-26-12-16(25)13-27-22)38(32,33)30-24-29-28-23(15-9-10-17(11-15)34-2)31(24)20-18(35-3)7-6-8-19(20)36-4/h6-8,12-15,17,21H,9-11H2,1-5H3,(H,29,30)/t14-,15+,17-,21-/m0/s1. The van der Waals surface area contributed by atoms with Gasteiger partial charge in [0.25, 0.3) is 0 Å². The van der Waals surface area contributed by atoms with Crippen LogP contribution in [0.2, 0.25) is 5.02 Å². The fourth-order valence-corrected chi connectivity index (χ4v) is 5.88. The predicted octanol–water partition coefficient (Wildman–Crippen LogP) is 3.53. The van der Waals surface area contributed by atoms with Gasteiger partial charge in [0.1, 0.15) is 34.4 Å². The number of benzene rings is 1. The van der Waals surface area contributed by atoms with Crippen molar-refractivity contribution in [2.45, 2.75) is 49.6 Å². The first kappa shape index (κ1) is 28.0. The highest BCUT2D eigenvalue weighted by molar-refractivity contribution is 7.93. The highest BCUT2D eigenvalue weighted by atomic mass is 35.5. The molecule has 0 spiro atoms. The summed E-state index contributed by atoms with van der Waals surface area (Å²) in [4.78, 5) is 8.27. The average molecular weight is 567 g/mol. The molecule has 1 aromatic carbocycles. The van der Waals surface area contributed by atoms with Crippen molar-refractivity contribution < 1.29 is 27.4 Å². The summed E-state index contributed by atoms with van der Waals surface area (Å²) in [6.45, 7) is 1.50. The summed E-state index contributed by atoms with van der Waals surface area (Å²) in [5.41, 5.74) is 0.480. The molecule has 4 atom stereocenters. The van der Waals surface area contributed by atoms with Crippen LogP contribution >= 0.6 is 11.6 Å². The van der Waals surface area contributed by atoms with Gasteiger partial charge in [0.2, 0.25) is 16.0 Å². The van der Waals surface area contributed by atoms with E-state index in [4.69, 9.17) is 30.5 Å². The van der Waals surface area contributed by atoms with Crippen LogP contribution < -0.4 is 14.2 Å². The fourth-order valence-electron chi connectivity index (χ4n) is 4.65. The van der Waals surface area contributed by atoms with Crippen LogP contribution in [-0.2, 0) is 19.5 Å². The van der Waals surface area contributed by atoms with E-state index in [-0.39, 0.29) is 23.8 Å². The smallest absolute Gasteiger partial charge is 0.243 e.